The van der Waals surface area contributed by atoms with Crippen molar-refractivity contribution in [2.75, 3.05) is 20.8 Å². The average molecular weight is 404 g/mol. The Kier molecular flexibility index (Phi) is 6.77. The highest BCUT2D eigenvalue weighted by Gasteiger charge is 2.05. The second-order valence-electron chi connectivity index (χ2n) is 5.08. The minimum absolute atomic E-state index is 0.0595. The number of methoxy groups -OCH3 is 1. The second-order valence-corrected chi connectivity index (χ2v) is 5.93. The number of likely N-dealkylation sites (N-methyl/N-ethyl adjacent to an activating group) is 1. The van der Waals surface area contributed by atoms with Crippen LogP contribution in [-0.2, 0) is 4.79 Å². The minimum atomic E-state index is -0.214. The van der Waals surface area contributed by atoms with Crippen LogP contribution < -0.4 is 14.8 Å². The molecule has 0 aliphatic heterocycles. The summed E-state index contributed by atoms with van der Waals surface area (Å²) in [4.78, 5) is 23.4. The summed E-state index contributed by atoms with van der Waals surface area (Å²) >= 11 is 3.41. The summed E-state index contributed by atoms with van der Waals surface area (Å²) < 4.78 is 11.3. The zero-order valence-electron chi connectivity index (χ0n) is 13.9. The van der Waals surface area contributed by atoms with Gasteiger partial charge in [0, 0.05) is 12.6 Å². The van der Waals surface area contributed by atoms with Gasteiger partial charge in [-0.1, -0.05) is 12.1 Å². The molecule has 0 aromatic heterocycles. The van der Waals surface area contributed by atoms with Crippen LogP contribution in [0.1, 0.15) is 15.9 Å². The van der Waals surface area contributed by atoms with E-state index in [0.29, 0.717) is 11.3 Å². The Morgan fingerprint density at radius 2 is 1.88 bits per heavy atom. The third kappa shape index (κ3) is 5.46. The van der Waals surface area contributed by atoms with E-state index in [1.165, 1.54) is 6.08 Å². The summed E-state index contributed by atoms with van der Waals surface area (Å²) in [5.74, 6) is 0.928. The van der Waals surface area contributed by atoms with E-state index in [1.807, 2.05) is 18.2 Å². The van der Waals surface area contributed by atoms with Gasteiger partial charge >= 0.3 is 0 Å². The van der Waals surface area contributed by atoms with E-state index in [2.05, 4.69) is 21.2 Å². The fourth-order valence-corrected chi connectivity index (χ4v) is 2.55. The molecule has 0 radical (unpaired) electrons. The standard InChI is InChI=1S/C19H18BrNO4/c1-21-19(23)12-25-15-7-5-14(6-8-15)17(22)9-3-13-4-10-18(24-2)16(20)11-13/h3-11H,12H2,1-2H3,(H,21,23)/b9-3+. The van der Waals surface area contributed by atoms with E-state index in [0.717, 1.165) is 15.8 Å². The quantitative estimate of drug-likeness (QED) is 0.567. The Labute approximate surface area is 154 Å². The van der Waals surface area contributed by atoms with Gasteiger partial charge in [0.25, 0.3) is 5.91 Å². The summed E-state index contributed by atoms with van der Waals surface area (Å²) in [5.41, 5.74) is 1.42. The number of allylic oxidation sites excluding steroid dienone is 1. The number of benzene rings is 2. The molecule has 0 bridgehead atoms. The molecule has 0 unspecified atom stereocenters. The number of halogens is 1. The topological polar surface area (TPSA) is 64.6 Å². The van der Waals surface area contributed by atoms with Crippen LogP contribution in [0.2, 0.25) is 0 Å². The smallest absolute Gasteiger partial charge is 0.257 e. The van der Waals surface area contributed by atoms with Crippen LogP contribution in [0.5, 0.6) is 11.5 Å². The lowest BCUT2D eigenvalue weighted by Gasteiger charge is -2.05. The molecule has 130 valence electrons. The van der Waals surface area contributed by atoms with E-state index < -0.39 is 0 Å². The lowest BCUT2D eigenvalue weighted by molar-refractivity contribution is -0.122. The fourth-order valence-electron chi connectivity index (χ4n) is 1.99. The summed E-state index contributed by atoms with van der Waals surface area (Å²) in [6.07, 6.45) is 3.25. The predicted octanol–water partition coefficient (Wildman–Crippen LogP) is 3.48. The highest BCUT2D eigenvalue weighted by atomic mass is 79.9. The molecular weight excluding hydrogens is 386 g/mol. The first-order valence-corrected chi connectivity index (χ1v) is 8.32. The largest absolute Gasteiger partial charge is 0.496 e. The third-order valence-electron chi connectivity index (χ3n) is 3.39. The number of hydrogen-bond donors (Lipinski definition) is 1. The molecule has 0 saturated carbocycles. The molecule has 25 heavy (non-hydrogen) atoms. The van der Waals surface area contributed by atoms with Gasteiger partial charge < -0.3 is 14.8 Å². The van der Waals surface area contributed by atoms with E-state index in [9.17, 15) is 9.59 Å². The van der Waals surface area contributed by atoms with Gasteiger partial charge in [0.1, 0.15) is 11.5 Å². The first-order chi connectivity index (χ1) is 12.0. The molecule has 6 heteroatoms. The average Bonchev–Trinajstić information content (AvgIpc) is 2.64. The van der Waals surface area contributed by atoms with Crippen molar-refractivity contribution in [2.45, 2.75) is 0 Å². The number of rotatable bonds is 7. The Hall–Kier alpha value is -2.60. The van der Waals surface area contributed by atoms with Crippen molar-refractivity contribution < 1.29 is 19.1 Å². The van der Waals surface area contributed by atoms with Gasteiger partial charge in [0.15, 0.2) is 12.4 Å². The molecule has 1 amide bonds. The maximum atomic E-state index is 12.2. The first-order valence-electron chi connectivity index (χ1n) is 7.53. The fraction of sp³-hybridized carbons (Fsp3) is 0.158. The van der Waals surface area contributed by atoms with E-state index in [1.54, 1.807) is 44.5 Å². The molecule has 0 fully saturated rings. The molecule has 2 aromatic rings. The van der Waals surface area contributed by atoms with Crippen LogP contribution in [0, 0.1) is 0 Å². The Morgan fingerprint density at radius 3 is 2.48 bits per heavy atom. The van der Waals surface area contributed by atoms with Gasteiger partial charge in [0.2, 0.25) is 0 Å². The van der Waals surface area contributed by atoms with E-state index in [-0.39, 0.29) is 18.3 Å². The van der Waals surface area contributed by atoms with E-state index >= 15 is 0 Å². The third-order valence-corrected chi connectivity index (χ3v) is 4.01. The molecular formula is C19H18BrNO4. The molecule has 5 nitrogen and oxygen atoms in total. The van der Waals surface area contributed by atoms with Crippen molar-refractivity contribution in [3.05, 3.63) is 64.1 Å². The number of ether oxygens (including phenoxy) is 2. The molecule has 2 aromatic carbocycles. The molecule has 0 atom stereocenters. The van der Waals surface area contributed by atoms with Crippen molar-refractivity contribution in [2.24, 2.45) is 0 Å². The van der Waals surface area contributed by atoms with E-state index in [4.69, 9.17) is 9.47 Å². The minimum Gasteiger partial charge on any atom is -0.496 e. The highest BCUT2D eigenvalue weighted by Crippen LogP contribution is 2.26. The van der Waals surface area contributed by atoms with Gasteiger partial charge in [-0.25, -0.2) is 0 Å². The molecule has 0 heterocycles. The highest BCUT2D eigenvalue weighted by molar-refractivity contribution is 9.10. The second kappa shape index (κ2) is 9.03. The van der Waals surface area contributed by atoms with Crippen LogP contribution >= 0.6 is 15.9 Å². The van der Waals surface area contributed by atoms with Gasteiger partial charge in [-0.15, -0.1) is 0 Å². The predicted molar refractivity (Wildman–Crippen MR) is 100 cm³/mol. The van der Waals surface area contributed by atoms with Crippen LogP contribution in [-0.4, -0.2) is 32.5 Å². The Morgan fingerprint density at radius 1 is 1.16 bits per heavy atom. The van der Waals surface area contributed by atoms with Gasteiger partial charge in [0.05, 0.1) is 11.6 Å². The summed E-state index contributed by atoms with van der Waals surface area (Å²) in [6.45, 7) is -0.0595. The van der Waals surface area contributed by atoms with Crippen molar-refractivity contribution in [3.8, 4) is 11.5 Å². The molecule has 1 N–H and O–H groups in total. The number of hydrogen-bond acceptors (Lipinski definition) is 4. The van der Waals surface area contributed by atoms with Crippen LogP contribution in [0.15, 0.2) is 53.0 Å². The number of amides is 1. The molecule has 0 aliphatic rings. The Balaban J connectivity index is 2.00. The maximum Gasteiger partial charge on any atom is 0.257 e. The monoisotopic (exact) mass is 403 g/mol. The number of nitrogens with one attached hydrogen (secondary N) is 1. The van der Waals surface area contributed by atoms with Gasteiger partial charge in [-0.2, -0.15) is 0 Å². The Bertz CT molecular complexity index is 785. The zero-order valence-corrected chi connectivity index (χ0v) is 15.5. The van der Waals surface area contributed by atoms with Crippen LogP contribution in [0.25, 0.3) is 6.08 Å². The lowest BCUT2D eigenvalue weighted by atomic mass is 10.1. The van der Waals surface area contributed by atoms with Gasteiger partial charge in [-0.3, -0.25) is 9.59 Å². The summed E-state index contributed by atoms with van der Waals surface area (Å²) in [5, 5.41) is 2.47. The lowest BCUT2D eigenvalue weighted by Crippen LogP contribution is -2.24. The van der Waals surface area contributed by atoms with Crippen LogP contribution in [0.3, 0.4) is 0 Å². The van der Waals surface area contributed by atoms with Crippen molar-refractivity contribution >= 4 is 33.7 Å². The number of carbonyl (C=O) groups excluding carboxylic acids is 2. The van der Waals surface area contributed by atoms with Crippen molar-refractivity contribution in [1.82, 2.24) is 5.32 Å². The number of ketones is 1. The number of carbonyl (C=O) groups is 2. The van der Waals surface area contributed by atoms with Crippen molar-refractivity contribution in [1.29, 1.82) is 0 Å². The van der Waals surface area contributed by atoms with Crippen LogP contribution in [0.4, 0.5) is 0 Å². The molecule has 0 spiro atoms. The maximum absolute atomic E-state index is 12.2. The molecule has 2 rings (SSSR count). The van der Waals surface area contributed by atoms with Gasteiger partial charge in [-0.05, 0) is 64.0 Å². The summed E-state index contributed by atoms with van der Waals surface area (Å²) in [6, 6.07) is 12.2. The SMILES string of the molecule is CNC(=O)COc1ccc(C(=O)/C=C/c2ccc(OC)c(Br)c2)cc1. The first kappa shape index (κ1) is 18.7. The van der Waals surface area contributed by atoms with Crippen molar-refractivity contribution in [3.63, 3.8) is 0 Å². The molecule has 0 aliphatic carbocycles. The normalized spacial score (nSPS) is 10.5. The summed E-state index contributed by atoms with van der Waals surface area (Å²) in [7, 11) is 3.14. The zero-order chi connectivity index (χ0) is 18.2. The molecule has 0 saturated heterocycles.